The molecule has 2 aromatic rings. The molecule has 3 N–H and O–H groups in total. The van der Waals surface area contributed by atoms with Crippen LogP contribution in [-0.4, -0.2) is 17.5 Å². The number of ether oxygens (including phenoxy) is 1. The van der Waals surface area contributed by atoms with Gasteiger partial charge >= 0.3 is 6.03 Å². The minimum atomic E-state index is -0.964. The van der Waals surface area contributed by atoms with Crippen LogP contribution in [0.1, 0.15) is 13.8 Å². The third-order valence-corrected chi connectivity index (χ3v) is 3.74. The predicted molar refractivity (Wildman–Crippen MR) is 93.9 cm³/mol. The molecule has 0 radical (unpaired) electrons. The summed E-state index contributed by atoms with van der Waals surface area (Å²) in [7, 11) is 0. The van der Waals surface area contributed by atoms with Crippen LogP contribution in [0.4, 0.5) is 21.9 Å². The van der Waals surface area contributed by atoms with Crippen LogP contribution in [0.3, 0.4) is 0 Å². The molecule has 0 fully saturated rings. The predicted octanol–water partition coefficient (Wildman–Crippen LogP) is 4.09. The SMILES string of the molecule is CC1(C)Oc2cccc(NC(=O)Nc3cccc(Cl)c3)c2NC1=O. The van der Waals surface area contributed by atoms with Gasteiger partial charge in [-0.05, 0) is 44.2 Å². The lowest BCUT2D eigenvalue weighted by Crippen LogP contribution is -2.45. The van der Waals surface area contributed by atoms with Crippen molar-refractivity contribution in [2.75, 3.05) is 16.0 Å². The van der Waals surface area contributed by atoms with Gasteiger partial charge in [0.25, 0.3) is 5.91 Å². The van der Waals surface area contributed by atoms with Crippen molar-refractivity contribution in [2.24, 2.45) is 0 Å². The topological polar surface area (TPSA) is 79.5 Å². The molecule has 0 saturated heterocycles. The zero-order chi connectivity index (χ0) is 17.3. The maximum Gasteiger partial charge on any atom is 0.323 e. The van der Waals surface area contributed by atoms with E-state index in [0.29, 0.717) is 27.8 Å². The molecule has 0 atom stereocenters. The van der Waals surface area contributed by atoms with E-state index < -0.39 is 11.6 Å². The van der Waals surface area contributed by atoms with Crippen molar-refractivity contribution in [3.8, 4) is 5.75 Å². The fraction of sp³-hybridized carbons (Fsp3) is 0.176. The molecule has 0 unspecified atom stereocenters. The van der Waals surface area contributed by atoms with Crippen LogP contribution in [0.5, 0.6) is 5.75 Å². The molecule has 6 nitrogen and oxygen atoms in total. The zero-order valence-corrected chi connectivity index (χ0v) is 13.9. The lowest BCUT2D eigenvalue weighted by molar-refractivity contribution is -0.129. The van der Waals surface area contributed by atoms with Crippen LogP contribution in [-0.2, 0) is 4.79 Å². The smallest absolute Gasteiger partial charge is 0.323 e. The molecule has 0 aliphatic carbocycles. The van der Waals surface area contributed by atoms with E-state index in [1.165, 1.54) is 0 Å². The molecule has 0 bridgehead atoms. The first-order chi connectivity index (χ1) is 11.3. The van der Waals surface area contributed by atoms with Crippen LogP contribution in [0.2, 0.25) is 5.02 Å². The van der Waals surface area contributed by atoms with Crippen LogP contribution in [0, 0.1) is 0 Å². The highest BCUT2D eigenvalue weighted by Crippen LogP contribution is 2.38. The number of para-hydroxylation sites is 1. The van der Waals surface area contributed by atoms with Gasteiger partial charge in [0.2, 0.25) is 0 Å². The van der Waals surface area contributed by atoms with Gasteiger partial charge in [-0.15, -0.1) is 0 Å². The maximum absolute atomic E-state index is 12.2. The Morgan fingerprint density at radius 3 is 2.67 bits per heavy atom. The first-order valence-electron chi connectivity index (χ1n) is 7.32. The molecule has 3 amide bonds. The van der Waals surface area contributed by atoms with Crippen molar-refractivity contribution < 1.29 is 14.3 Å². The largest absolute Gasteiger partial charge is 0.476 e. The number of hydrogen-bond donors (Lipinski definition) is 3. The summed E-state index contributed by atoms with van der Waals surface area (Å²) in [6.45, 7) is 3.36. The first kappa shape index (κ1) is 16.1. The zero-order valence-electron chi connectivity index (χ0n) is 13.1. The normalized spacial score (nSPS) is 14.9. The van der Waals surface area contributed by atoms with Gasteiger partial charge in [0, 0.05) is 10.7 Å². The van der Waals surface area contributed by atoms with Gasteiger partial charge in [0.05, 0.1) is 5.69 Å². The highest BCUT2D eigenvalue weighted by molar-refractivity contribution is 6.30. The number of carbonyl (C=O) groups is 2. The van der Waals surface area contributed by atoms with Crippen molar-refractivity contribution >= 4 is 40.6 Å². The molecule has 3 rings (SSSR count). The quantitative estimate of drug-likeness (QED) is 0.766. The monoisotopic (exact) mass is 345 g/mol. The summed E-state index contributed by atoms with van der Waals surface area (Å²) in [6, 6.07) is 11.5. The fourth-order valence-corrected chi connectivity index (χ4v) is 2.48. The molecule has 1 heterocycles. The van der Waals surface area contributed by atoms with Gasteiger partial charge in [0.1, 0.15) is 11.4 Å². The molecule has 1 aliphatic rings. The fourth-order valence-electron chi connectivity index (χ4n) is 2.29. The lowest BCUT2D eigenvalue weighted by Gasteiger charge is -2.32. The second kappa shape index (κ2) is 6.05. The minimum absolute atomic E-state index is 0.278. The van der Waals surface area contributed by atoms with Crippen LogP contribution in [0.25, 0.3) is 0 Å². The molecule has 2 aromatic carbocycles. The Hall–Kier alpha value is -2.73. The Balaban J connectivity index is 1.79. The van der Waals surface area contributed by atoms with Gasteiger partial charge in [-0.3, -0.25) is 4.79 Å². The van der Waals surface area contributed by atoms with E-state index in [-0.39, 0.29) is 5.91 Å². The van der Waals surface area contributed by atoms with Crippen molar-refractivity contribution in [3.63, 3.8) is 0 Å². The number of anilines is 3. The van der Waals surface area contributed by atoms with Crippen LogP contribution >= 0.6 is 11.6 Å². The van der Waals surface area contributed by atoms with E-state index in [2.05, 4.69) is 16.0 Å². The van der Waals surface area contributed by atoms with Crippen molar-refractivity contribution in [2.45, 2.75) is 19.4 Å². The minimum Gasteiger partial charge on any atom is -0.476 e. The number of carbonyl (C=O) groups excluding carboxylic acids is 2. The van der Waals surface area contributed by atoms with Gasteiger partial charge in [0.15, 0.2) is 5.60 Å². The standard InChI is InChI=1S/C17H16ClN3O3/c1-17(2)15(22)21-14-12(7-4-8-13(14)24-17)20-16(23)19-11-6-3-5-10(18)9-11/h3-9H,1-2H3,(H,21,22)(H2,19,20,23). The Labute approximate surface area is 144 Å². The third kappa shape index (κ3) is 3.28. The lowest BCUT2D eigenvalue weighted by atomic mass is 10.1. The summed E-state index contributed by atoms with van der Waals surface area (Å²) in [5.41, 5.74) is 0.472. The average molecular weight is 346 g/mol. The highest BCUT2D eigenvalue weighted by atomic mass is 35.5. The van der Waals surface area contributed by atoms with E-state index in [1.807, 2.05) is 0 Å². The van der Waals surface area contributed by atoms with Crippen molar-refractivity contribution in [3.05, 3.63) is 47.5 Å². The van der Waals surface area contributed by atoms with E-state index in [9.17, 15) is 9.59 Å². The van der Waals surface area contributed by atoms with Gasteiger partial charge < -0.3 is 20.7 Å². The second-order valence-corrected chi connectivity index (χ2v) is 6.27. The van der Waals surface area contributed by atoms with E-state index in [0.717, 1.165) is 0 Å². The number of benzene rings is 2. The summed E-state index contributed by atoms with van der Waals surface area (Å²) in [4.78, 5) is 24.2. The third-order valence-electron chi connectivity index (χ3n) is 3.51. The van der Waals surface area contributed by atoms with E-state index in [4.69, 9.17) is 16.3 Å². The van der Waals surface area contributed by atoms with E-state index in [1.54, 1.807) is 56.3 Å². The first-order valence-corrected chi connectivity index (χ1v) is 7.70. The number of nitrogens with one attached hydrogen (secondary N) is 3. The molecule has 1 aliphatic heterocycles. The summed E-state index contributed by atoms with van der Waals surface area (Å²) in [5.74, 6) is 0.222. The second-order valence-electron chi connectivity index (χ2n) is 5.83. The molecule has 0 aromatic heterocycles. The maximum atomic E-state index is 12.2. The Morgan fingerprint density at radius 1 is 1.17 bits per heavy atom. The van der Waals surface area contributed by atoms with Gasteiger partial charge in [-0.1, -0.05) is 23.7 Å². The summed E-state index contributed by atoms with van der Waals surface area (Å²) in [6.07, 6.45) is 0. The number of fused-ring (bicyclic) bond motifs is 1. The molecular weight excluding hydrogens is 330 g/mol. The van der Waals surface area contributed by atoms with Crippen molar-refractivity contribution in [1.29, 1.82) is 0 Å². The Kier molecular flexibility index (Phi) is 4.07. The summed E-state index contributed by atoms with van der Waals surface area (Å²) in [5, 5.41) is 8.67. The summed E-state index contributed by atoms with van der Waals surface area (Å²) < 4.78 is 5.69. The molecule has 24 heavy (non-hydrogen) atoms. The molecule has 0 saturated carbocycles. The number of hydrogen-bond acceptors (Lipinski definition) is 3. The van der Waals surface area contributed by atoms with E-state index >= 15 is 0 Å². The molecule has 124 valence electrons. The number of rotatable bonds is 2. The number of urea groups is 1. The Bertz CT molecular complexity index is 820. The summed E-state index contributed by atoms with van der Waals surface area (Å²) >= 11 is 5.89. The number of amides is 3. The molecular formula is C17H16ClN3O3. The Morgan fingerprint density at radius 2 is 1.92 bits per heavy atom. The molecule has 0 spiro atoms. The van der Waals surface area contributed by atoms with Crippen LogP contribution < -0.4 is 20.7 Å². The highest BCUT2D eigenvalue weighted by Gasteiger charge is 2.36. The van der Waals surface area contributed by atoms with Gasteiger partial charge in [-0.25, -0.2) is 4.79 Å². The average Bonchev–Trinajstić information content (AvgIpc) is 2.49. The molecule has 7 heteroatoms. The number of halogens is 1. The van der Waals surface area contributed by atoms with Crippen molar-refractivity contribution in [1.82, 2.24) is 0 Å². The van der Waals surface area contributed by atoms with Crippen LogP contribution in [0.15, 0.2) is 42.5 Å². The van der Waals surface area contributed by atoms with Gasteiger partial charge in [-0.2, -0.15) is 0 Å².